The SMILES string of the molecule is c1ccc(-c2ccc(-n3c4ccccc4c4cc5c6cccc7c8nc9ccccc9nc8n(c5cc43)c67)cc2)cc1. The lowest BCUT2D eigenvalue weighted by molar-refractivity contribution is 1.18. The zero-order chi connectivity index (χ0) is 27.4. The Bertz CT molecular complexity index is 2660. The summed E-state index contributed by atoms with van der Waals surface area (Å²) in [6.45, 7) is 0. The van der Waals surface area contributed by atoms with Gasteiger partial charge in [0.1, 0.15) is 5.52 Å². The van der Waals surface area contributed by atoms with Crippen LogP contribution < -0.4 is 0 Å². The maximum absolute atomic E-state index is 5.15. The quantitative estimate of drug-likeness (QED) is 0.221. The van der Waals surface area contributed by atoms with E-state index >= 15 is 0 Å². The van der Waals surface area contributed by atoms with Gasteiger partial charge in [-0.1, -0.05) is 91.0 Å². The molecule has 0 aliphatic heterocycles. The molecule has 4 heterocycles. The van der Waals surface area contributed by atoms with E-state index in [2.05, 4.69) is 118 Å². The van der Waals surface area contributed by atoms with Crippen LogP contribution in [0.2, 0.25) is 0 Å². The van der Waals surface area contributed by atoms with Crippen LogP contribution in [-0.2, 0) is 0 Å². The van der Waals surface area contributed by atoms with Gasteiger partial charge in [0.05, 0.1) is 33.1 Å². The number of hydrogen-bond donors (Lipinski definition) is 0. The van der Waals surface area contributed by atoms with Crippen molar-refractivity contribution in [3.05, 3.63) is 133 Å². The third-order valence-corrected chi connectivity index (χ3v) is 8.83. The van der Waals surface area contributed by atoms with Crippen molar-refractivity contribution in [2.24, 2.45) is 0 Å². The Morgan fingerprint density at radius 1 is 0.429 bits per heavy atom. The van der Waals surface area contributed by atoms with Crippen molar-refractivity contribution in [1.29, 1.82) is 0 Å². The molecule has 0 unspecified atom stereocenters. The molecule has 4 aromatic heterocycles. The van der Waals surface area contributed by atoms with Crippen LogP contribution in [0.5, 0.6) is 0 Å². The number of hydrogen-bond acceptors (Lipinski definition) is 2. The minimum Gasteiger partial charge on any atom is -0.309 e. The Hall–Kier alpha value is -5.74. The molecule has 194 valence electrons. The second-order valence-electron chi connectivity index (χ2n) is 11.1. The van der Waals surface area contributed by atoms with Crippen molar-refractivity contribution in [2.75, 3.05) is 0 Å². The fraction of sp³-hybridized carbons (Fsp3) is 0. The van der Waals surface area contributed by atoms with Crippen molar-refractivity contribution in [3.63, 3.8) is 0 Å². The summed E-state index contributed by atoms with van der Waals surface area (Å²) in [5, 5.41) is 6.12. The average molecular weight is 535 g/mol. The van der Waals surface area contributed by atoms with Crippen LogP contribution in [0.25, 0.3) is 88.0 Å². The zero-order valence-electron chi connectivity index (χ0n) is 22.5. The van der Waals surface area contributed by atoms with Gasteiger partial charge in [-0.2, -0.15) is 0 Å². The Morgan fingerprint density at radius 3 is 1.95 bits per heavy atom. The summed E-state index contributed by atoms with van der Waals surface area (Å²) in [5.74, 6) is 0. The Balaban J connectivity index is 1.33. The predicted molar refractivity (Wildman–Crippen MR) is 174 cm³/mol. The molecule has 10 aromatic rings. The van der Waals surface area contributed by atoms with Gasteiger partial charge in [-0.15, -0.1) is 0 Å². The van der Waals surface area contributed by atoms with Gasteiger partial charge >= 0.3 is 0 Å². The van der Waals surface area contributed by atoms with Gasteiger partial charge in [0.15, 0.2) is 5.65 Å². The first-order chi connectivity index (χ1) is 20.8. The highest BCUT2D eigenvalue weighted by Gasteiger charge is 2.22. The molecule has 0 saturated heterocycles. The number of nitrogens with zero attached hydrogens (tertiary/aromatic N) is 4. The fourth-order valence-corrected chi connectivity index (χ4v) is 6.98. The van der Waals surface area contributed by atoms with Crippen LogP contribution in [-0.4, -0.2) is 18.9 Å². The molecule has 0 radical (unpaired) electrons. The van der Waals surface area contributed by atoms with E-state index in [9.17, 15) is 0 Å². The third-order valence-electron chi connectivity index (χ3n) is 8.83. The lowest BCUT2D eigenvalue weighted by Gasteiger charge is -2.10. The molecule has 0 bridgehead atoms. The van der Waals surface area contributed by atoms with Crippen molar-refractivity contribution in [2.45, 2.75) is 0 Å². The summed E-state index contributed by atoms with van der Waals surface area (Å²) < 4.78 is 4.72. The molecule has 6 aromatic carbocycles. The normalized spacial score (nSPS) is 12.3. The molecule has 42 heavy (non-hydrogen) atoms. The van der Waals surface area contributed by atoms with Crippen LogP contribution in [0.1, 0.15) is 0 Å². The Morgan fingerprint density at radius 2 is 1.10 bits per heavy atom. The Labute approximate surface area is 240 Å². The maximum atomic E-state index is 5.15. The molecule has 0 fully saturated rings. The van der Waals surface area contributed by atoms with E-state index in [4.69, 9.17) is 9.97 Å². The molecular formula is C38H22N4. The van der Waals surface area contributed by atoms with E-state index in [1.165, 1.54) is 49.2 Å². The molecule has 0 aliphatic carbocycles. The van der Waals surface area contributed by atoms with E-state index in [1.54, 1.807) is 0 Å². The average Bonchev–Trinajstić information content (AvgIpc) is 3.67. The van der Waals surface area contributed by atoms with Crippen molar-refractivity contribution < 1.29 is 0 Å². The highest BCUT2D eigenvalue weighted by atomic mass is 15.0. The Kier molecular flexibility index (Phi) is 4.15. The van der Waals surface area contributed by atoms with Crippen LogP contribution in [0, 0.1) is 0 Å². The second kappa shape index (κ2) is 7.93. The molecule has 0 amide bonds. The van der Waals surface area contributed by atoms with Crippen LogP contribution in [0.4, 0.5) is 0 Å². The second-order valence-corrected chi connectivity index (χ2v) is 11.1. The first kappa shape index (κ1) is 22.0. The van der Waals surface area contributed by atoms with Crippen molar-refractivity contribution in [1.82, 2.24) is 18.9 Å². The molecular weight excluding hydrogens is 512 g/mol. The van der Waals surface area contributed by atoms with E-state index in [0.29, 0.717) is 0 Å². The highest BCUT2D eigenvalue weighted by Crippen LogP contribution is 2.42. The summed E-state index contributed by atoms with van der Waals surface area (Å²) in [7, 11) is 0. The topological polar surface area (TPSA) is 35.1 Å². The number of fused-ring (bicyclic) bond motifs is 10. The molecule has 0 aliphatic rings. The van der Waals surface area contributed by atoms with Crippen LogP contribution >= 0.6 is 0 Å². The molecule has 0 saturated carbocycles. The van der Waals surface area contributed by atoms with Gasteiger partial charge in [-0.05, 0) is 53.6 Å². The molecule has 10 rings (SSSR count). The monoisotopic (exact) mass is 534 g/mol. The maximum Gasteiger partial charge on any atom is 0.165 e. The molecule has 0 N–H and O–H groups in total. The number of para-hydroxylation sites is 4. The predicted octanol–water partition coefficient (Wildman–Crippen LogP) is 9.54. The van der Waals surface area contributed by atoms with E-state index < -0.39 is 0 Å². The number of benzene rings is 6. The number of rotatable bonds is 2. The molecule has 0 atom stereocenters. The van der Waals surface area contributed by atoms with Crippen molar-refractivity contribution >= 4 is 71.2 Å². The van der Waals surface area contributed by atoms with Gasteiger partial charge < -0.3 is 4.57 Å². The van der Waals surface area contributed by atoms with Crippen LogP contribution in [0.15, 0.2) is 133 Å². The van der Waals surface area contributed by atoms with Gasteiger partial charge in [0.2, 0.25) is 0 Å². The zero-order valence-corrected chi connectivity index (χ0v) is 22.5. The summed E-state index contributed by atoms with van der Waals surface area (Å²) in [4.78, 5) is 10.2. The first-order valence-corrected chi connectivity index (χ1v) is 14.3. The third kappa shape index (κ3) is 2.80. The fourth-order valence-electron chi connectivity index (χ4n) is 6.98. The molecule has 0 spiro atoms. The minimum absolute atomic E-state index is 0.907. The van der Waals surface area contributed by atoms with Crippen molar-refractivity contribution in [3.8, 4) is 16.8 Å². The summed E-state index contributed by atoms with van der Waals surface area (Å²) >= 11 is 0. The van der Waals surface area contributed by atoms with Gasteiger partial charge in [-0.3, -0.25) is 4.40 Å². The van der Waals surface area contributed by atoms with Gasteiger partial charge in [0.25, 0.3) is 0 Å². The largest absolute Gasteiger partial charge is 0.309 e. The minimum atomic E-state index is 0.907. The first-order valence-electron chi connectivity index (χ1n) is 14.3. The summed E-state index contributed by atoms with van der Waals surface area (Å²) in [5.41, 5.74) is 12.0. The summed E-state index contributed by atoms with van der Waals surface area (Å²) in [6.07, 6.45) is 0. The van der Waals surface area contributed by atoms with E-state index in [1.807, 2.05) is 24.3 Å². The molecule has 4 heteroatoms. The lowest BCUT2D eigenvalue weighted by atomic mass is 10.1. The molecule has 4 nitrogen and oxygen atoms in total. The summed E-state index contributed by atoms with van der Waals surface area (Å²) in [6, 6.07) is 47.6. The van der Waals surface area contributed by atoms with Gasteiger partial charge in [-0.25, -0.2) is 9.97 Å². The highest BCUT2D eigenvalue weighted by molar-refractivity contribution is 6.25. The standard InChI is InChI=1S/C38H22N4/c1-2-9-23(10-3-1)24-17-19-25(20-18-24)41-33-16-7-4-11-26(33)29-21-30-27-12-8-13-28-36-38(40-32-15-6-5-14-31(32)39-36)42(37(27)28)35(30)22-34(29)41/h1-22H. The van der Waals surface area contributed by atoms with E-state index in [0.717, 1.165) is 38.8 Å². The van der Waals surface area contributed by atoms with Crippen LogP contribution in [0.3, 0.4) is 0 Å². The lowest BCUT2D eigenvalue weighted by Crippen LogP contribution is -1.94. The van der Waals surface area contributed by atoms with E-state index in [-0.39, 0.29) is 0 Å². The smallest absolute Gasteiger partial charge is 0.165 e. The van der Waals surface area contributed by atoms with Gasteiger partial charge in [0, 0.05) is 32.6 Å². The number of aromatic nitrogens is 4.